The van der Waals surface area contributed by atoms with Crippen molar-refractivity contribution in [2.45, 2.75) is 13.8 Å². The normalized spacial score (nSPS) is 10.8. The third-order valence-corrected chi connectivity index (χ3v) is 3.36. The van der Waals surface area contributed by atoms with Crippen LogP contribution in [0.1, 0.15) is 27.0 Å². The van der Waals surface area contributed by atoms with Crippen LogP contribution < -0.4 is 5.43 Å². The van der Waals surface area contributed by atoms with Gasteiger partial charge in [-0.25, -0.2) is 4.79 Å². The number of hydrazone groups is 1. The van der Waals surface area contributed by atoms with Gasteiger partial charge < -0.3 is 5.11 Å². The molecular weight excluding hydrogens is 288 g/mol. The molecule has 0 atom stereocenters. The lowest BCUT2D eigenvalue weighted by molar-refractivity contribution is 0.0697. The standard InChI is InChI=1S/C16H15ClN2O2/c1-10-3-4-13(11(2)7-10)9-18-19-15-8-12(16(20)21)5-6-14(15)17/h3-9,19H,1-2H3,(H,20,21)/b18-9-. The van der Waals surface area contributed by atoms with Gasteiger partial charge in [0.15, 0.2) is 0 Å². The molecule has 0 saturated heterocycles. The first kappa shape index (κ1) is 15.1. The van der Waals surface area contributed by atoms with Crippen molar-refractivity contribution in [3.8, 4) is 0 Å². The molecule has 0 spiro atoms. The first-order chi connectivity index (χ1) is 9.97. The molecule has 2 rings (SSSR count). The molecule has 0 fully saturated rings. The van der Waals surface area contributed by atoms with Crippen molar-refractivity contribution in [3.63, 3.8) is 0 Å². The zero-order valence-corrected chi connectivity index (χ0v) is 12.5. The molecule has 0 heterocycles. The molecule has 2 aromatic rings. The van der Waals surface area contributed by atoms with Crippen molar-refractivity contribution in [3.05, 3.63) is 63.7 Å². The summed E-state index contributed by atoms with van der Waals surface area (Å²) in [5.41, 5.74) is 6.68. The molecule has 0 aromatic heterocycles. The van der Waals surface area contributed by atoms with E-state index in [4.69, 9.17) is 16.7 Å². The second kappa shape index (κ2) is 6.41. The molecule has 21 heavy (non-hydrogen) atoms. The lowest BCUT2D eigenvalue weighted by Crippen LogP contribution is -1.99. The van der Waals surface area contributed by atoms with Crippen LogP contribution in [0.15, 0.2) is 41.5 Å². The third kappa shape index (κ3) is 3.83. The van der Waals surface area contributed by atoms with Crippen LogP contribution in [0.25, 0.3) is 0 Å². The smallest absolute Gasteiger partial charge is 0.335 e. The highest BCUT2D eigenvalue weighted by molar-refractivity contribution is 6.33. The highest BCUT2D eigenvalue weighted by Crippen LogP contribution is 2.23. The topological polar surface area (TPSA) is 61.7 Å². The molecule has 5 heteroatoms. The summed E-state index contributed by atoms with van der Waals surface area (Å²) >= 11 is 6.01. The van der Waals surface area contributed by atoms with Gasteiger partial charge in [-0.15, -0.1) is 0 Å². The van der Waals surface area contributed by atoms with Gasteiger partial charge in [-0.3, -0.25) is 5.43 Å². The van der Waals surface area contributed by atoms with Gasteiger partial charge in [-0.2, -0.15) is 5.10 Å². The summed E-state index contributed by atoms with van der Waals surface area (Å²) < 4.78 is 0. The number of hydrogen-bond donors (Lipinski definition) is 2. The van der Waals surface area contributed by atoms with Crippen molar-refractivity contribution in [1.29, 1.82) is 0 Å². The number of hydrogen-bond acceptors (Lipinski definition) is 3. The number of nitrogens with one attached hydrogen (secondary N) is 1. The Labute approximate surface area is 128 Å². The Morgan fingerprint density at radius 3 is 2.67 bits per heavy atom. The van der Waals surface area contributed by atoms with E-state index in [2.05, 4.69) is 16.6 Å². The fourth-order valence-corrected chi connectivity index (χ4v) is 2.05. The Morgan fingerprint density at radius 1 is 1.24 bits per heavy atom. The molecule has 2 aromatic carbocycles. The Bertz CT molecular complexity index is 711. The average Bonchev–Trinajstić information content (AvgIpc) is 2.43. The molecule has 0 aliphatic heterocycles. The maximum atomic E-state index is 10.9. The highest BCUT2D eigenvalue weighted by atomic mass is 35.5. The van der Waals surface area contributed by atoms with Crippen LogP contribution in [0, 0.1) is 13.8 Å². The number of carboxylic acid groups (broad SMARTS) is 1. The number of halogens is 1. The van der Waals surface area contributed by atoms with E-state index in [1.807, 2.05) is 26.0 Å². The summed E-state index contributed by atoms with van der Waals surface area (Å²) in [7, 11) is 0. The summed E-state index contributed by atoms with van der Waals surface area (Å²) in [5, 5.41) is 13.5. The minimum atomic E-state index is -1.01. The second-order valence-electron chi connectivity index (χ2n) is 4.73. The van der Waals surface area contributed by atoms with Crippen molar-refractivity contribution in [2.75, 3.05) is 5.43 Å². The average molecular weight is 303 g/mol. The van der Waals surface area contributed by atoms with Crippen molar-refractivity contribution < 1.29 is 9.90 Å². The summed E-state index contributed by atoms with van der Waals surface area (Å²) in [4.78, 5) is 10.9. The van der Waals surface area contributed by atoms with Crippen LogP contribution in [-0.2, 0) is 0 Å². The summed E-state index contributed by atoms with van der Waals surface area (Å²) in [6.45, 7) is 4.04. The van der Waals surface area contributed by atoms with Gasteiger partial charge in [-0.05, 0) is 43.2 Å². The minimum absolute atomic E-state index is 0.156. The maximum Gasteiger partial charge on any atom is 0.335 e. The first-order valence-corrected chi connectivity index (χ1v) is 6.74. The van der Waals surface area contributed by atoms with Crippen LogP contribution in [-0.4, -0.2) is 17.3 Å². The maximum absolute atomic E-state index is 10.9. The van der Waals surface area contributed by atoms with Crippen LogP contribution in [0.4, 0.5) is 5.69 Å². The largest absolute Gasteiger partial charge is 0.478 e. The molecule has 0 unspecified atom stereocenters. The molecule has 0 radical (unpaired) electrons. The Hall–Kier alpha value is -2.33. The lowest BCUT2D eigenvalue weighted by atomic mass is 10.1. The van der Waals surface area contributed by atoms with Crippen molar-refractivity contribution >= 4 is 29.5 Å². The quantitative estimate of drug-likeness (QED) is 0.660. The van der Waals surface area contributed by atoms with Crippen LogP contribution >= 0.6 is 11.6 Å². The molecule has 0 saturated carbocycles. The van der Waals surface area contributed by atoms with Crippen LogP contribution in [0.3, 0.4) is 0 Å². The number of anilines is 1. The summed E-state index contributed by atoms with van der Waals surface area (Å²) in [6, 6.07) is 10.5. The second-order valence-corrected chi connectivity index (χ2v) is 5.14. The number of nitrogens with zero attached hydrogens (tertiary/aromatic N) is 1. The highest BCUT2D eigenvalue weighted by Gasteiger charge is 2.06. The zero-order chi connectivity index (χ0) is 15.4. The Balaban J connectivity index is 2.17. The molecule has 0 aliphatic carbocycles. The molecule has 4 nitrogen and oxygen atoms in total. The van der Waals surface area contributed by atoms with Crippen LogP contribution in [0.2, 0.25) is 5.02 Å². The monoisotopic (exact) mass is 302 g/mol. The van der Waals surface area contributed by atoms with Crippen molar-refractivity contribution in [2.24, 2.45) is 5.10 Å². The number of carboxylic acids is 1. The number of carbonyl (C=O) groups is 1. The molecular formula is C16H15ClN2O2. The van der Waals surface area contributed by atoms with Gasteiger partial charge in [0.05, 0.1) is 22.5 Å². The van der Waals surface area contributed by atoms with E-state index < -0.39 is 5.97 Å². The SMILES string of the molecule is Cc1ccc(/C=N\Nc2cc(C(=O)O)ccc2Cl)c(C)c1. The third-order valence-electron chi connectivity index (χ3n) is 3.03. The summed E-state index contributed by atoms with van der Waals surface area (Å²) in [5.74, 6) is -1.01. The van der Waals surface area contributed by atoms with Gasteiger partial charge >= 0.3 is 5.97 Å². The first-order valence-electron chi connectivity index (χ1n) is 6.36. The zero-order valence-electron chi connectivity index (χ0n) is 11.7. The Morgan fingerprint density at radius 2 is 2.00 bits per heavy atom. The van der Waals surface area contributed by atoms with Gasteiger partial charge in [0.25, 0.3) is 0 Å². The molecule has 108 valence electrons. The number of aromatic carboxylic acids is 1. The van der Waals surface area contributed by atoms with E-state index in [1.54, 1.807) is 6.21 Å². The van der Waals surface area contributed by atoms with Crippen LogP contribution in [0.5, 0.6) is 0 Å². The van der Waals surface area contributed by atoms with E-state index in [1.165, 1.54) is 23.8 Å². The van der Waals surface area contributed by atoms with E-state index in [9.17, 15) is 4.79 Å². The van der Waals surface area contributed by atoms with Gasteiger partial charge in [0, 0.05) is 0 Å². The van der Waals surface area contributed by atoms with E-state index in [-0.39, 0.29) is 5.56 Å². The molecule has 2 N–H and O–H groups in total. The van der Waals surface area contributed by atoms with E-state index in [0.717, 1.165) is 11.1 Å². The number of rotatable bonds is 4. The van der Waals surface area contributed by atoms with E-state index >= 15 is 0 Å². The molecule has 0 aliphatic rings. The van der Waals surface area contributed by atoms with Crippen molar-refractivity contribution in [1.82, 2.24) is 0 Å². The van der Waals surface area contributed by atoms with Gasteiger partial charge in [-0.1, -0.05) is 35.4 Å². The Kier molecular flexibility index (Phi) is 4.60. The van der Waals surface area contributed by atoms with E-state index in [0.29, 0.717) is 10.7 Å². The fourth-order valence-electron chi connectivity index (χ4n) is 1.89. The molecule has 0 amide bonds. The number of aryl methyl sites for hydroxylation is 2. The predicted octanol–water partition coefficient (Wildman–Crippen LogP) is 4.10. The lowest BCUT2D eigenvalue weighted by Gasteiger charge is -2.05. The van der Waals surface area contributed by atoms with Gasteiger partial charge in [0.2, 0.25) is 0 Å². The predicted molar refractivity (Wildman–Crippen MR) is 85.5 cm³/mol. The van der Waals surface area contributed by atoms with Gasteiger partial charge in [0.1, 0.15) is 0 Å². The minimum Gasteiger partial charge on any atom is -0.478 e. The molecule has 0 bridgehead atoms. The fraction of sp³-hybridized carbons (Fsp3) is 0.125. The summed E-state index contributed by atoms with van der Waals surface area (Å²) in [6.07, 6.45) is 1.68. The number of benzene rings is 2.